The molecule has 9 nitrogen and oxygen atoms in total. The van der Waals surface area contributed by atoms with E-state index < -0.39 is 0 Å². The number of carbonyl (C=O) groups is 1. The summed E-state index contributed by atoms with van der Waals surface area (Å²) in [6, 6.07) is 8.48. The summed E-state index contributed by atoms with van der Waals surface area (Å²) < 4.78 is 5.82. The van der Waals surface area contributed by atoms with Crippen LogP contribution in [0.25, 0.3) is 0 Å². The maximum atomic E-state index is 13.0. The van der Waals surface area contributed by atoms with Crippen molar-refractivity contribution in [2.45, 2.75) is 38.3 Å². The second-order valence-electron chi connectivity index (χ2n) is 8.98. The van der Waals surface area contributed by atoms with Crippen molar-refractivity contribution >= 4 is 34.7 Å². The van der Waals surface area contributed by atoms with Gasteiger partial charge in [0.2, 0.25) is 11.9 Å². The van der Waals surface area contributed by atoms with Gasteiger partial charge < -0.3 is 25.2 Å². The Morgan fingerprint density at radius 2 is 1.97 bits per heavy atom. The van der Waals surface area contributed by atoms with Crippen LogP contribution < -0.4 is 25.3 Å². The van der Waals surface area contributed by atoms with E-state index in [4.69, 9.17) is 9.72 Å². The molecular formula is C24H33N7O2. The van der Waals surface area contributed by atoms with Crippen LogP contribution in [0.4, 0.5) is 28.8 Å². The van der Waals surface area contributed by atoms with Gasteiger partial charge in [-0.1, -0.05) is 0 Å². The van der Waals surface area contributed by atoms with Crippen LogP contribution in [0.5, 0.6) is 0 Å². The van der Waals surface area contributed by atoms with Gasteiger partial charge >= 0.3 is 0 Å². The zero-order chi connectivity index (χ0) is 22.8. The maximum absolute atomic E-state index is 13.0. The molecule has 1 saturated carbocycles. The molecule has 3 heterocycles. The lowest BCUT2D eigenvalue weighted by Gasteiger charge is -2.37. The molecule has 1 amide bonds. The average Bonchev–Trinajstić information content (AvgIpc) is 3.28. The Bertz CT molecular complexity index is 977. The number of anilines is 5. The van der Waals surface area contributed by atoms with Crippen molar-refractivity contribution in [1.29, 1.82) is 0 Å². The Morgan fingerprint density at radius 1 is 1.18 bits per heavy atom. The molecule has 2 aliphatic heterocycles. The minimum atomic E-state index is 0.0807. The lowest BCUT2D eigenvalue weighted by atomic mass is 10.1. The SMILES string of the molecule is CCOC1CCC(N2C(=O)CN(C)c3cnc(Nc4ccc(N5CCNCC5)cc4)nc32)C1. The first kappa shape index (κ1) is 21.9. The van der Waals surface area contributed by atoms with Gasteiger partial charge in [-0.05, 0) is 50.5 Å². The molecule has 0 spiro atoms. The number of aromatic nitrogens is 2. The summed E-state index contributed by atoms with van der Waals surface area (Å²) in [7, 11) is 1.91. The van der Waals surface area contributed by atoms with Crippen molar-refractivity contribution < 1.29 is 9.53 Å². The highest BCUT2D eigenvalue weighted by Gasteiger charge is 2.38. The second-order valence-corrected chi connectivity index (χ2v) is 8.98. The van der Waals surface area contributed by atoms with Crippen molar-refractivity contribution in [3.05, 3.63) is 30.5 Å². The fourth-order valence-electron chi connectivity index (χ4n) is 5.08. The number of carbonyl (C=O) groups excluding carboxylic acids is 1. The van der Waals surface area contributed by atoms with E-state index in [0.29, 0.717) is 24.9 Å². The van der Waals surface area contributed by atoms with Crippen LogP contribution in [0, 0.1) is 0 Å². The molecule has 33 heavy (non-hydrogen) atoms. The normalized spacial score (nSPS) is 23.1. The zero-order valence-electron chi connectivity index (χ0n) is 19.5. The highest BCUT2D eigenvalue weighted by Crippen LogP contribution is 2.37. The Labute approximate surface area is 195 Å². The maximum Gasteiger partial charge on any atom is 0.247 e. The van der Waals surface area contributed by atoms with E-state index in [1.165, 1.54) is 5.69 Å². The first-order valence-electron chi connectivity index (χ1n) is 12.0. The van der Waals surface area contributed by atoms with Crippen LogP contribution >= 0.6 is 0 Å². The number of nitrogens with zero attached hydrogens (tertiary/aromatic N) is 5. The molecule has 1 aromatic carbocycles. The van der Waals surface area contributed by atoms with E-state index in [1.807, 2.05) is 30.0 Å². The number of ether oxygens (including phenoxy) is 1. The molecule has 2 fully saturated rings. The lowest BCUT2D eigenvalue weighted by molar-refractivity contribution is -0.118. The Kier molecular flexibility index (Phi) is 6.32. The van der Waals surface area contributed by atoms with Gasteiger partial charge in [-0.3, -0.25) is 9.69 Å². The first-order chi connectivity index (χ1) is 16.1. The molecule has 5 rings (SSSR count). The van der Waals surface area contributed by atoms with Crippen molar-refractivity contribution in [3.8, 4) is 0 Å². The van der Waals surface area contributed by atoms with E-state index in [9.17, 15) is 4.79 Å². The number of likely N-dealkylation sites (N-methyl/N-ethyl adjacent to an activating group) is 1. The van der Waals surface area contributed by atoms with Crippen LogP contribution in [0.2, 0.25) is 0 Å². The van der Waals surface area contributed by atoms with Crippen LogP contribution in [0.1, 0.15) is 26.2 Å². The fourth-order valence-corrected chi connectivity index (χ4v) is 5.08. The topological polar surface area (TPSA) is 85.9 Å². The Hall–Kier alpha value is -2.91. The standard InChI is InChI=1S/C24H33N7O2/c1-3-33-20-9-8-19(14-20)31-22(32)16-29(2)21-15-26-24(28-23(21)31)27-17-4-6-18(7-5-17)30-12-10-25-11-13-30/h4-7,15,19-20,25H,3,8-14,16H2,1-2H3,(H,26,27,28). The van der Waals surface area contributed by atoms with Crippen molar-refractivity contribution in [1.82, 2.24) is 15.3 Å². The van der Waals surface area contributed by atoms with E-state index in [-0.39, 0.29) is 18.1 Å². The first-order valence-corrected chi connectivity index (χ1v) is 12.0. The molecule has 0 radical (unpaired) electrons. The van der Waals surface area contributed by atoms with Crippen LogP contribution in [0.15, 0.2) is 30.5 Å². The van der Waals surface area contributed by atoms with Gasteiger partial charge in [0.15, 0.2) is 5.82 Å². The summed E-state index contributed by atoms with van der Waals surface area (Å²) in [5, 5.41) is 6.70. The van der Waals surface area contributed by atoms with Crippen molar-refractivity contribution in [2.24, 2.45) is 0 Å². The Balaban J connectivity index is 1.35. The number of piperazine rings is 1. The lowest BCUT2D eigenvalue weighted by Crippen LogP contribution is -2.49. The molecule has 1 aromatic heterocycles. The van der Waals surface area contributed by atoms with Crippen molar-refractivity contribution in [3.63, 3.8) is 0 Å². The summed E-state index contributed by atoms with van der Waals surface area (Å²) in [5.41, 5.74) is 3.03. The number of benzene rings is 1. The predicted octanol–water partition coefficient (Wildman–Crippen LogP) is 2.37. The quantitative estimate of drug-likeness (QED) is 0.693. The fraction of sp³-hybridized carbons (Fsp3) is 0.542. The number of hydrogen-bond acceptors (Lipinski definition) is 8. The van der Waals surface area contributed by atoms with Crippen LogP contribution in [-0.2, 0) is 9.53 Å². The molecular weight excluding hydrogens is 418 g/mol. The second kappa shape index (κ2) is 9.52. The monoisotopic (exact) mass is 451 g/mol. The van der Waals surface area contributed by atoms with Gasteiger partial charge in [-0.25, -0.2) is 4.98 Å². The molecule has 2 N–H and O–H groups in total. The third kappa shape index (κ3) is 4.60. The smallest absolute Gasteiger partial charge is 0.247 e. The summed E-state index contributed by atoms with van der Waals surface area (Å²) in [4.78, 5) is 28.6. The van der Waals surface area contributed by atoms with Gasteiger partial charge in [0.05, 0.1) is 24.5 Å². The molecule has 1 saturated heterocycles. The Morgan fingerprint density at radius 3 is 2.73 bits per heavy atom. The van der Waals surface area contributed by atoms with Crippen LogP contribution in [-0.4, -0.2) is 74.4 Å². The molecule has 9 heteroatoms. The molecule has 0 bridgehead atoms. The molecule has 1 aliphatic carbocycles. The molecule has 2 unspecified atom stereocenters. The van der Waals surface area contributed by atoms with E-state index in [2.05, 4.69) is 44.8 Å². The zero-order valence-corrected chi connectivity index (χ0v) is 19.5. The molecule has 3 aliphatic rings. The summed E-state index contributed by atoms with van der Waals surface area (Å²) >= 11 is 0. The summed E-state index contributed by atoms with van der Waals surface area (Å²) in [6.45, 7) is 7.12. The van der Waals surface area contributed by atoms with Gasteiger partial charge in [0.1, 0.15) is 0 Å². The van der Waals surface area contributed by atoms with E-state index >= 15 is 0 Å². The summed E-state index contributed by atoms with van der Waals surface area (Å²) in [5.74, 6) is 1.26. The third-order valence-corrected chi connectivity index (χ3v) is 6.76. The average molecular weight is 452 g/mol. The van der Waals surface area contributed by atoms with E-state index in [1.54, 1.807) is 0 Å². The third-order valence-electron chi connectivity index (χ3n) is 6.76. The number of nitrogens with one attached hydrogen (secondary N) is 2. The number of fused-ring (bicyclic) bond motifs is 1. The largest absolute Gasteiger partial charge is 0.378 e. The molecule has 2 atom stereocenters. The van der Waals surface area contributed by atoms with Gasteiger partial charge in [-0.15, -0.1) is 0 Å². The van der Waals surface area contributed by atoms with Gasteiger partial charge in [0, 0.05) is 57.3 Å². The van der Waals surface area contributed by atoms with E-state index in [0.717, 1.165) is 56.8 Å². The number of rotatable bonds is 6. The highest BCUT2D eigenvalue weighted by atomic mass is 16.5. The highest BCUT2D eigenvalue weighted by molar-refractivity contribution is 6.02. The van der Waals surface area contributed by atoms with Gasteiger partial charge in [-0.2, -0.15) is 4.98 Å². The predicted molar refractivity (Wildman–Crippen MR) is 131 cm³/mol. The number of amides is 1. The molecule has 2 aromatic rings. The molecule has 176 valence electrons. The number of hydrogen-bond donors (Lipinski definition) is 2. The summed E-state index contributed by atoms with van der Waals surface area (Å²) in [6.07, 6.45) is 4.78. The minimum Gasteiger partial charge on any atom is -0.378 e. The van der Waals surface area contributed by atoms with Crippen LogP contribution in [0.3, 0.4) is 0 Å². The van der Waals surface area contributed by atoms with Gasteiger partial charge in [0.25, 0.3) is 0 Å². The minimum absolute atomic E-state index is 0.0807. The van der Waals surface area contributed by atoms with Crippen molar-refractivity contribution in [2.75, 3.05) is 66.4 Å².